The highest BCUT2D eigenvalue weighted by molar-refractivity contribution is 6.41. The molecule has 15 heteroatoms. The van der Waals surface area contributed by atoms with Gasteiger partial charge in [-0.3, -0.25) is 24.0 Å². The molecule has 0 bridgehead atoms. The predicted octanol–water partition coefficient (Wildman–Crippen LogP) is 9.25. The summed E-state index contributed by atoms with van der Waals surface area (Å²) in [5.74, 6) is -20.0. The van der Waals surface area contributed by atoms with Crippen LogP contribution in [-0.4, -0.2) is 55.6 Å². The van der Waals surface area contributed by atoms with Crippen LogP contribution in [0.4, 0.5) is 46.5 Å². The minimum atomic E-state index is -2.10. The quantitative estimate of drug-likeness (QED) is 0.0378. The molecule has 4 heterocycles. The number of hydrogen-bond acceptors (Lipinski definition) is 7. The Kier molecular flexibility index (Phi) is 11.4. The Balaban J connectivity index is 0.000000148. The molecule has 10 rings (SSSR count). The fraction of sp³-hybridized carbons (Fsp3) is 0.311. The molecule has 0 unspecified atom stereocenters. The molecular formula is C45H36F8N2O5. The van der Waals surface area contributed by atoms with E-state index in [1.54, 1.807) is 0 Å². The lowest BCUT2D eigenvalue weighted by Gasteiger charge is -2.37. The van der Waals surface area contributed by atoms with Crippen LogP contribution in [0.2, 0.25) is 0 Å². The Labute approximate surface area is 338 Å². The number of carbonyl (C=O) groups excluding carboxylic acids is 5. The summed E-state index contributed by atoms with van der Waals surface area (Å²) in [6.07, 6.45) is 9.93. The van der Waals surface area contributed by atoms with Crippen molar-refractivity contribution in [1.82, 2.24) is 0 Å². The summed E-state index contributed by atoms with van der Waals surface area (Å²) in [5, 5.41) is 0. The minimum absolute atomic E-state index is 0. The maximum Gasteiger partial charge on any atom is 0.200 e. The van der Waals surface area contributed by atoms with Crippen LogP contribution < -0.4 is 9.80 Å². The number of nitrogens with zero attached hydrogens (tertiary/aromatic N) is 2. The Bertz CT molecular complexity index is 2450. The number of fused-ring (bicyclic) bond motifs is 2. The predicted molar refractivity (Wildman–Crippen MR) is 205 cm³/mol. The monoisotopic (exact) mass is 836 g/mol. The molecule has 0 atom stereocenters. The number of aryl methyl sites for hydroxylation is 4. The average molecular weight is 837 g/mol. The van der Waals surface area contributed by atoms with Crippen molar-refractivity contribution in [1.29, 1.82) is 0 Å². The molecule has 4 aromatic carbocycles. The Morgan fingerprint density at radius 3 is 1.10 bits per heavy atom. The van der Waals surface area contributed by atoms with Crippen molar-refractivity contribution in [3.63, 3.8) is 0 Å². The van der Waals surface area contributed by atoms with Crippen molar-refractivity contribution >= 4 is 46.9 Å². The van der Waals surface area contributed by atoms with Crippen molar-refractivity contribution in [2.75, 3.05) is 36.0 Å². The van der Waals surface area contributed by atoms with Gasteiger partial charge < -0.3 is 9.80 Å². The van der Waals surface area contributed by atoms with Crippen LogP contribution >= 0.6 is 0 Å². The van der Waals surface area contributed by atoms with Crippen LogP contribution in [0.5, 0.6) is 0 Å². The lowest BCUT2D eigenvalue weighted by molar-refractivity contribution is 0.0916. The summed E-state index contributed by atoms with van der Waals surface area (Å²) < 4.78 is 107. The molecule has 2 aliphatic carbocycles. The van der Waals surface area contributed by atoms with E-state index in [0.29, 0.717) is 5.56 Å². The van der Waals surface area contributed by atoms with Crippen LogP contribution in [0, 0.1) is 46.5 Å². The third-order valence-corrected chi connectivity index (χ3v) is 11.5. The normalized spacial score (nSPS) is 16.8. The zero-order chi connectivity index (χ0) is 42.0. The van der Waals surface area contributed by atoms with Crippen LogP contribution in [0.25, 0.3) is 6.08 Å². The van der Waals surface area contributed by atoms with Gasteiger partial charge in [-0.1, -0.05) is 7.43 Å². The number of halogens is 8. The number of benzene rings is 4. The fourth-order valence-electron chi connectivity index (χ4n) is 9.02. The summed E-state index contributed by atoms with van der Waals surface area (Å²) in [5.41, 5.74) is 4.49. The van der Waals surface area contributed by atoms with E-state index >= 15 is 0 Å². The molecular weight excluding hydrogens is 800 g/mol. The molecule has 4 aliphatic heterocycles. The second-order valence-corrected chi connectivity index (χ2v) is 15.1. The van der Waals surface area contributed by atoms with Gasteiger partial charge in [0.2, 0.25) is 11.6 Å². The summed E-state index contributed by atoms with van der Waals surface area (Å²) >= 11 is 0. The molecule has 0 fully saturated rings. The molecule has 6 aliphatic rings. The summed E-state index contributed by atoms with van der Waals surface area (Å²) in [6.45, 7) is 4.37. The summed E-state index contributed by atoms with van der Waals surface area (Å²) in [4.78, 5) is 62.8. The number of anilines is 2. The number of allylic oxidation sites excluding steroid dienone is 1. The molecule has 0 saturated carbocycles. The average Bonchev–Trinajstić information content (AvgIpc) is 3.67. The van der Waals surface area contributed by atoms with Crippen molar-refractivity contribution < 1.29 is 59.1 Å². The van der Waals surface area contributed by atoms with Crippen molar-refractivity contribution in [3.05, 3.63) is 132 Å². The second kappa shape index (κ2) is 16.2. The van der Waals surface area contributed by atoms with E-state index in [1.165, 1.54) is 54.5 Å². The van der Waals surface area contributed by atoms with Crippen LogP contribution in [0.15, 0.2) is 29.8 Å². The Hall–Kier alpha value is -5.99. The highest BCUT2D eigenvalue weighted by Crippen LogP contribution is 2.39. The highest BCUT2D eigenvalue weighted by Gasteiger charge is 2.42. The largest absolute Gasteiger partial charge is 0.371 e. The van der Waals surface area contributed by atoms with Gasteiger partial charge in [0.1, 0.15) is 6.29 Å². The van der Waals surface area contributed by atoms with E-state index in [2.05, 4.69) is 21.9 Å². The molecule has 7 nitrogen and oxygen atoms in total. The van der Waals surface area contributed by atoms with Gasteiger partial charge in [0.15, 0.2) is 58.1 Å². The van der Waals surface area contributed by atoms with Gasteiger partial charge in [0.25, 0.3) is 0 Å². The number of rotatable bonds is 2. The van der Waals surface area contributed by atoms with Crippen molar-refractivity contribution in [3.8, 4) is 0 Å². The first kappa shape index (κ1) is 42.1. The van der Waals surface area contributed by atoms with E-state index in [0.717, 1.165) is 74.6 Å². The molecule has 312 valence electrons. The third-order valence-electron chi connectivity index (χ3n) is 11.5. The van der Waals surface area contributed by atoms with Gasteiger partial charge in [0.05, 0.1) is 34.2 Å². The standard InChI is InChI=1S/C22H15F4NO2.C13H15NO.C9H2F4O2.CH4/c23-16-14-15(17(24)19(26)18(16)25)22(29)13(21(14)28)9-10-7-11-3-1-5-27-6-2-4-12(8-10)20(11)27;15-9-10-7-11-3-1-5-14-6-2-4-12(8-10)13(11)14;10-6-4-2(14)1-3(15)5(4)7(11)9(13)8(6)12;/h7-9H,1-6H2;7-9H,1-6H2;1H2;1H4. The lowest BCUT2D eigenvalue weighted by atomic mass is 9.89. The third kappa shape index (κ3) is 6.90. The van der Waals surface area contributed by atoms with E-state index < -0.39 is 104 Å². The number of ketones is 4. The molecule has 0 amide bonds. The van der Waals surface area contributed by atoms with E-state index in [4.69, 9.17) is 0 Å². The number of hydrogen-bond donors (Lipinski definition) is 0. The number of aldehydes is 1. The van der Waals surface area contributed by atoms with Crippen LogP contribution in [0.3, 0.4) is 0 Å². The van der Waals surface area contributed by atoms with Gasteiger partial charge in [0, 0.05) is 43.1 Å². The van der Waals surface area contributed by atoms with E-state index in [1.807, 2.05) is 12.1 Å². The SMILES string of the molecule is C.O=C1C(=Cc2cc3c4c(c2)CCCN4CCC3)C(=O)c2c(F)c(F)c(F)c(F)c21.O=C1CC(=O)c2c(F)c(F)c(F)c(F)c21.O=Cc1cc2c3c(c1)CCCN3CCC2. The number of Topliss-reactive ketones (excluding diaryl/α,β-unsaturated/α-hetero) is 4. The van der Waals surface area contributed by atoms with Gasteiger partial charge >= 0.3 is 0 Å². The fourth-order valence-corrected chi connectivity index (χ4v) is 9.02. The van der Waals surface area contributed by atoms with E-state index in [-0.39, 0.29) is 7.43 Å². The lowest BCUT2D eigenvalue weighted by Crippen LogP contribution is -2.34. The molecule has 60 heavy (non-hydrogen) atoms. The van der Waals surface area contributed by atoms with Crippen LogP contribution in [-0.2, 0) is 25.7 Å². The smallest absolute Gasteiger partial charge is 0.200 e. The van der Waals surface area contributed by atoms with Gasteiger partial charge in [-0.2, -0.15) is 0 Å². The van der Waals surface area contributed by atoms with Crippen molar-refractivity contribution in [2.24, 2.45) is 0 Å². The Morgan fingerprint density at radius 1 is 0.450 bits per heavy atom. The van der Waals surface area contributed by atoms with Crippen LogP contribution in [0.1, 0.15) is 119 Å². The first-order chi connectivity index (χ1) is 28.2. The molecule has 0 radical (unpaired) electrons. The molecule has 0 aromatic heterocycles. The molecule has 0 saturated heterocycles. The summed E-state index contributed by atoms with van der Waals surface area (Å²) in [7, 11) is 0. The topological polar surface area (TPSA) is 91.8 Å². The molecule has 0 N–H and O–H groups in total. The maximum absolute atomic E-state index is 14.1. The highest BCUT2D eigenvalue weighted by atomic mass is 19.2. The van der Waals surface area contributed by atoms with Gasteiger partial charge in [-0.05, 0) is 110 Å². The number of carbonyl (C=O) groups is 5. The first-order valence-corrected chi connectivity index (χ1v) is 19.1. The molecule has 0 spiro atoms. The van der Waals surface area contributed by atoms with E-state index in [9.17, 15) is 59.1 Å². The summed E-state index contributed by atoms with van der Waals surface area (Å²) in [6, 6.07) is 7.87. The Morgan fingerprint density at radius 2 is 0.767 bits per heavy atom. The zero-order valence-electron chi connectivity index (χ0n) is 31.1. The van der Waals surface area contributed by atoms with Crippen molar-refractivity contribution in [2.45, 2.75) is 65.2 Å². The van der Waals surface area contributed by atoms with Gasteiger partial charge in [-0.15, -0.1) is 0 Å². The first-order valence-electron chi connectivity index (χ1n) is 19.1. The minimum Gasteiger partial charge on any atom is -0.371 e. The zero-order valence-corrected chi connectivity index (χ0v) is 31.1. The molecule has 4 aromatic rings. The second-order valence-electron chi connectivity index (χ2n) is 15.1. The van der Waals surface area contributed by atoms with Gasteiger partial charge in [-0.25, -0.2) is 35.1 Å². The maximum atomic E-state index is 14.1.